The number of benzene rings is 2. The summed E-state index contributed by atoms with van der Waals surface area (Å²) in [6.07, 6.45) is -5.65. The minimum absolute atomic E-state index is 0.166. The van der Waals surface area contributed by atoms with Gasteiger partial charge < -0.3 is 15.1 Å². The Bertz CT molecular complexity index is 1150. The second-order valence-electron chi connectivity index (χ2n) is 9.33. The highest BCUT2D eigenvalue weighted by molar-refractivity contribution is 6.00. The number of fused-ring (bicyclic) bond motifs is 1. The molecular weight excluding hydrogens is 471 g/mol. The first kappa shape index (κ1) is 24.2. The Kier molecular flexibility index (Phi) is 6.38. The van der Waals surface area contributed by atoms with Crippen LogP contribution in [0.1, 0.15) is 24.8 Å². The van der Waals surface area contributed by atoms with E-state index in [0.717, 1.165) is 10.7 Å². The number of anilines is 1. The molecule has 0 saturated carbocycles. The molecule has 0 bridgehead atoms. The van der Waals surface area contributed by atoms with E-state index >= 15 is 0 Å². The second-order valence-corrected chi connectivity index (χ2v) is 9.33. The smallest absolute Gasteiger partial charge is 0.368 e. The standard InChI is InChI=1S/C26H28F3N5O2/c1-17-20(16-21(35)33-14-12-32(13-15-33)19-10-6-3-7-11-19)25(36)34-24(30-17)22(18-8-4-2-5-9-18)23(31-34)26(27,28)29/h2-11,22-24,30-31H,12-16H2,1H3. The van der Waals surface area contributed by atoms with Crippen LogP contribution in [0.5, 0.6) is 0 Å². The zero-order valence-corrected chi connectivity index (χ0v) is 19.8. The van der Waals surface area contributed by atoms with Crippen molar-refractivity contribution in [1.29, 1.82) is 0 Å². The zero-order chi connectivity index (χ0) is 25.4. The number of amides is 2. The first-order valence-electron chi connectivity index (χ1n) is 12.0. The number of rotatable bonds is 4. The molecule has 2 N–H and O–H groups in total. The van der Waals surface area contributed by atoms with Crippen molar-refractivity contribution in [3.05, 3.63) is 77.5 Å². The van der Waals surface area contributed by atoms with Gasteiger partial charge in [-0.15, -0.1) is 0 Å². The predicted octanol–water partition coefficient (Wildman–Crippen LogP) is 2.99. The third-order valence-electron chi connectivity index (χ3n) is 7.17. The van der Waals surface area contributed by atoms with Gasteiger partial charge in [-0.3, -0.25) is 14.6 Å². The van der Waals surface area contributed by atoms with Crippen molar-refractivity contribution >= 4 is 17.5 Å². The van der Waals surface area contributed by atoms with Crippen molar-refractivity contribution in [2.75, 3.05) is 31.1 Å². The number of piperazine rings is 1. The SMILES string of the molecule is CC1=C(CC(=O)N2CCN(c3ccccc3)CC2)C(=O)N2NC(C(F)(F)F)C(c3ccccc3)C2N1. The predicted molar refractivity (Wildman–Crippen MR) is 128 cm³/mol. The van der Waals surface area contributed by atoms with Gasteiger partial charge in [0.05, 0.1) is 12.3 Å². The van der Waals surface area contributed by atoms with Gasteiger partial charge in [0.2, 0.25) is 5.91 Å². The van der Waals surface area contributed by atoms with Crippen LogP contribution in [0.25, 0.3) is 0 Å². The van der Waals surface area contributed by atoms with Crippen molar-refractivity contribution in [2.24, 2.45) is 0 Å². The molecule has 10 heteroatoms. The molecule has 36 heavy (non-hydrogen) atoms. The summed E-state index contributed by atoms with van der Waals surface area (Å²) in [4.78, 5) is 30.3. The summed E-state index contributed by atoms with van der Waals surface area (Å²) in [6, 6.07) is 16.4. The monoisotopic (exact) mass is 499 g/mol. The van der Waals surface area contributed by atoms with Gasteiger partial charge in [-0.2, -0.15) is 13.2 Å². The highest BCUT2D eigenvalue weighted by Gasteiger charge is 2.57. The van der Waals surface area contributed by atoms with E-state index in [1.54, 1.807) is 42.2 Å². The summed E-state index contributed by atoms with van der Waals surface area (Å²) in [5.74, 6) is -1.84. The number of nitrogens with zero attached hydrogens (tertiary/aromatic N) is 3. The molecule has 2 amide bonds. The molecule has 3 unspecified atom stereocenters. The summed E-state index contributed by atoms with van der Waals surface area (Å²) < 4.78 is 41.9. The molecule has 7 nitrogen and oxygen atoms in total. The van der Waals surface area contributed by atoms with Gasteiger partial charge in [-0.25, -0.2) is 5.43 Å². The highest BCUT2D eigenvalue weighted by atomic mass is 19.4. The fourth-order valence-corrected chi connectivity index (χ4v) is 5.26. The molecule has 3 atom stereocenters. The number of hydrogen-bond donors (Lipinski definition) is 2. The number of nitrogens with one attached hydrogen (secondary N) is 2. The Hall–Kier alpha value is -3.53. The number of para-hydroxylation sites is 1. The number of alkyl halides is 3. The van der Waals surface area contributed by atoms with E-state index in [-0.39, 0.29) is 17.9 Å². The molecule has 3 heterocycles. The minimum Gasteiger partial charge on any atom is -0.368 e. The molecule has 0 aliphatic carbocycles. The van der Waals surface area contributed by atoms with E-state index in [0.29, 0.717) is 37.4 Å². The molecule has 0 aromatic heterocycles. The molecule has 3 aliphatic rings. The molecule has 5 rings (SSSR count). The van der Waals surface area contributed by atoms with Gasteiger partial charge >= 0.3 is 6.18 Å². The van der Waals surface area contributed by atoms with E-state index in [9.17, 15) is 22.8 Å². The Morgan fingerprint density at radius 1 is 0.972 bits per heavy atom. The Labute approximate surface area is 207 Å². The molecule has 190 valence electrons. The largest absolute Gasteiger partial charge is 0.406 e. The summed E-state index contributed by atoms with van der Waals surface area (Å²) in [5, 5.41) is 4.10. The van der Waals surface area contributed by atoms with Gasteiger partial charge in [0.25, 0.3) is 5.91 Å². The van der Waals surface area contributed by atoms with Crippen molar-refractivity contribution < 1.29 is 22.8 Å². The number of hydrazine groups is 1. The molecular formula is C26H28F3N5O2. The maximum Gasteiger partial charge on any atom is 0.406 e. The van der Waals surface area contributed by atoms with Crippen LogP contribution in [0, 0.1) is 0 Å². The Morgan fingerprint density at radius 2 is 1.58 bits per heavy atom. The van der Waals surface area contributed by atoms with E-state index < -0.39 is 30.2 Å². The van der Waals surface area contributed by atoms with Gasteiger partial charge in [0.1, 0.15) is 12.2 Å². The Balaban J connectivity index is 1.30. The Morgan fingerprint density at radius 3 is 2.19 bits per heavy atom. The van der Waals surface area contributed by atoms with Crippen molar-refractivity contribution in [3.8, 4) is 0 Å². The molecule has 0 spiro atoms. The van der Waals surface area contributed by atoms with E-state index in [4.69, 9.17) is 0 Å². The lowest BCUT2D eigenvalue weighted by molar-refractivity contribution is -0.161. The molecule has 2 saturated heterocycles. The fourth-order valence-electron chi connectivity index (χ4n) is 5.26. The molecule has 2 fully saturated rings. The summed E-state index contributed by atoms with van der Waals surface area (Å²) in [7, 11) is 0. The third kappa shape index (κ3) is 4.53. The lowest BCUT2D eigenvalue weighted by Crippen LogP contribution is -2.55. The first-order chi connectivity index (χ1) is 17.2. The van der Waals surface area contributed by atoms with Crippen molar-refractivity contribution in [1.82, 2.24) is 20.7 Å². The van der Waals surface area contributed by atoms with Gasteiger partial charge in [-0.05, 0) is 24.6 Å². The highest BCUT2D eigenvalue weighted by Crippen LogP contribution is 2.41. The topological polar surface area (TPSA) is 67.9 Å². The summed E-state index contributed by atoms with van der Waals surface area (Å²) in [5.41, 5.74) is 4.57. The number of allylic oxidation sites excluding steroid dienone is 1. The van der Waals surface area contributed by atoms with Gasteiger partial charge in [0, 0.05) is 43.1 Å². The van der Waals surface area contributed by atoms with E-state index in [2.05, 4.69) is 15.6 Å². The van der Waals surface area contributed by atoms with Crippen LogP contribution in [0.4, 0.5) is 18.9 Å². The number of carbonyl (C=O) groups excluding carboxylic acids is 2. The normalized spacial score (nSPS) is 24.6. The first-order valence-corrected chi connectivity index (χ1v) is 12.0. The molecule has 2 aromatic rings. The molecule has 0 radical (unpaired) electrons. The fraction of sp³-hybridized carbons (Fsp3) is 0.385. The molecule has 2 aromatic carbocycles. The number of carbonyl (C=O) groups is 2. The van der Waals surface area contributed by atoms with E-state index in [1.807, 2.05) is 30.3 Å². The van der Waals surface area contributed by atoms with Crippen LogP contribution in [-0.4, -0.2) is 66.3 Å². The van der Waals surface area contributed by atoms with Crippen LogP contribution < -0.4 is 15.6 Å². The van der Waals surface area contributed by atoms with Crippen molar-refractivity contribution in [2.45, 2.75) is 37.6 Å². The van der Waals surface area contributed by atoms with E-state index in [1.165, 1.54) is 0 Å². The van der Waals surface area contributed by atoms with Gasteiger partial charge in [-0.1, -0.05) is 48.5 Å². The summed E-state index contributed by atoms with van der Waals surface area (Å²) >= 11 is 0. The van der Waals surface area contributed by atoms with Gasteiger partial charge in [0.15, 0.2) is 0 Å². The second kappa shape index (κ2) is 9.50. The minimum atomic E-state index is -4.57. The average Bonchev–Trinajstić information content (AvgIpc) is 3.28. The third-order valence-corrected chi connectivity index (χ3v) is 7.17. The van der Waals surface area contributed by atoms with Crippen LogP contribution in [0.3, 0.4) is 0 Å². The molecule has 3 aliphatic heterocycles. The maximum atomic E-state index is 14.0. The lowest BCUT2D eigenvalue weighted by atomic mass is 9.89. The van der Waals surface area contributed by atoms with Crippen LogP contribution in [0.15, 0.2) is 71.9 Å². The quantitative estimate of drug-likeness (QED) is 0.677. The number of hydrogen-bond acceptors (Lipinski definition) is 5. The van der Waals surface area contributed by atoms with Crippen LogP contribution >= 0.6 is 0 Å². The zero-order valence-electron chi connectivity index (χ0n) is 19.8. The lowest BCUT2D eigenvalue weighted by Gasteiger charge is -2.37. The summed E-state index contributed by atoms with van der Waals surface area (Å²) in [6.45, 7) is 4.01. The van der Waals surface area contributed by atoms with Crippen molar-refractivity contribution in [3.63, 3.8) is 0 Å². The van der Waals surface area contributed by atoms with Crippen LogP contribution in [0.2, 0.25) is 0 Å². The van der Waals surface area contributed by atoms with Crippen LogP contribution in [-0.2, 0) is 9.59 Å². The maximum absolute atomic E-state index is 14.0. The average molecular weight is 500 g/mol. The number of halogens is 3.